The van der Waals surface area contributed by atoms with Gasteiger partial charge >= 0.3 is 0 Å². The number of nitrogens with zero attached hydrogens (tertiary/aromatic N) is 3. The van der Waals surface area contributed by atoms with E-state index in [1.165, 1.54) is 0 Å². The van der Waals surface area contributed by atoms with Gasteiger partial charge in [-0.2, -0.15) is 5.10 Å². The van der Waals surface area contributed by atoms with E-state index < -0.39 is 11.7 Å². The SMILES string of the molecule is CCC(C)(O)C(O)c1c(Br)cnn1CCN(C)C. The predicted molar refractivity (Wildman–Crippen MR) is 74.4 cm³/mol. The largest absolute Gasteiger partial charge is 0.387 e. The van der Waals surface area contributed by atoms with Crippen LogP contribution in [0.2, 0.25) is 0 Å². The minimum Gasteiger partial charge on any atom is -0.387 e. The maximum atomic E-state index is 10.3. The molecule has 0 saturated heterocycles. The Balaban J connectivity index is 2.97. The molecule has 0 radical (unpaired) electrons. The van der Waals surface area contributed by atoms with Gasteiger partial charge in [-0.05, 0) is 43.4 Å². The summed E-state index contributed by atoms with van der Waals surface area (Å²) in [6.07, 6.45) is 1.17. The molecule has 104 valence electrons. The van der Waals surface area contributed by atoms with Crippen LogP contribution in [0, 0.1) is 0 Å². The average Bonchev–Trinajstić information content (AvgIpc) is 2.66. The van der Waals surface area contributed by atoms with Crippen LogP contribution in [0.5, 0.6) is 0 Å². The lowest BCUT2D eigenvalue weighted by molar-refractivity contribution is -0.0701. The monoisotopic (exact) mass is 319 g/mol. The zero-order chi connectivity index (χ0) is 13.9. The Morgan fingerprint density at radius 1 is 1.56 bits per heavy atom. The molecular weight excluding hydrogens is 298 g/mol. The van der Waals surface area contributed by atoms with Crippen LogP contribution in [0.4, 0.5) is 0 Å². The van der Waals surface area contributed by atoms with Crippen LogP contribution in [0.15, 0.2) is 10.7 Å². The van der Waals surface area contributed by atoms with E-state index in [2.05, 4.69) is 21.0 Å². The molecule has 2 N–H and O–H groups in total. The second kappa shape index (κ2) is 6.14. The third kappa shape index (κ3) is 3.54. The standard InChI is InChI=1S/C12H22BrN3O2/c1-5-12(2,18)11(17)10-9(13)8-14-16(10)7-6-15(3)4/h8,11,17-18H,5-7H2,1-4H3. The molecule has 1 aromatic heterocycles. The number of hydrogen-bond donors (Lipinski definition) is 2. The molecule has 0 aromatic carbocycles. The number of hydrogen-bond acceptors (Lipinski definition) is 4. The highest BCUT2D eigenvalue weighted by Gasteiger charge is 2.33. The third-order valence-electron chi connectivity index (χ3n) is 3.16. The van der Waals surface area contributed by atoms with E-state index >= 15 is 0 Å². The summed E-state index contributed by atoms with van der Waals surface area (Å²) < 4.78 is 2.46. The second-order valence-electron chi connectivity index (χ2n) is 5.02. The van der Waals surface area contributed by atoms with Crippen molar-refractivity contribution in [3.05, 3.63) is 16.4 Å². The number of halogens is 1. The molecule has 2 unspecified atom stereocenters. The first-order chi connectivity index (χ1) is 8.29. The second-order valence-corrected chi connectivity index (χ2v) is 5.87. The highest BCUT2D eigenvalue weighted by molar-refractivity contribution is 9.10. The zero-order valence-electron chi connectivity index (χ0n) is 11.4. The smallest absolute Gasteiger partial charge is 0.125 e. The third-order valence-corrected chi connectivity index (χ3v) is 3.77. The van der Waals surface area contributed by atoms with Crippen LogP contribution in [0.25, 0.3) is 0 Å². The van der Waals surface area contributed by atoms with E-state index in [4.69, 9.17) is 0 Å². The van der Waals surface area contributed by atoms with Gasteiger partial charge in [0, 0.05) is 6.54 Å². The Bertz CT molecular complexity index is 391. The molecule has 0 aliphatic rings. The first-order valence-electron chi connectivity index (χ1n) is 6.06. The fraction of sp³-hybridized carbons (Fsp3) is 0.750. The van der Waals surface area contributed by atoms with Gasteiger partial charge in [0.25, 0.3) is 0 Å². The Morgan fingerprint density at radius 3 is 2.67 bits per heavy atom. The van der Waals surface area contributed by atoms with E-state index in [1.54, 1.807) is 17.8 Å². The molecule has 0 aliphatic heterocycles. The van der Waals surface area contributed by atoms with Gasteiger partial charge in [-0.1, -0.05) is 6.92 Å². The molecule has 1 rings (SSSR count). The van der Waals surface area contributed by atoms with E-state index in [-0.39, 0.29) is 0 Å². The summed E-state index contributed by atoms with van der Waals surface area (Å²) in [7, 11) is 3.97. The van der Waals surface area contributed by atoms with Crippen molar-refractivity contribution in [2.75, 3.05) is 20.6 Å². The maximum Gasteiger partial charge on any atom is 0.125 e. The van der Waals surface area contributed by atoms with Crippen molar-refractivity contribution in [3.8, 4) is 0 Å². The molecule has 0 fully saturated rings. The van der Waals surface area contributed by atoms with Crippen molar-refractivity contribution in [2.24, 2.45) is 0 Å². The maximum absolute atomic E-state index is 10.3. The molecule has 5 nitrogen and oxygen atoms in total. The summed E-state index contributed by atoms with van der Waals surface area (Å²) in [4.78, 5) is 2.05. The van der Waals surface area contributed by atoms with Crippen LogP contribution in [-0.2, 0) is 6.54 Å². The lowest BCUT2D eigenvalue weighted by Gasteiger charge is -2.28. The fourth-order valence-electron chi connectivity index (χ4n) is 1.60. The van der Waals surface area contributed by atoms with Gasteiger partial charge in [0.05, 0.1) is 28.5 Å². The quantitative estimate of drug-likeness (QED) is 0.832. The summed E-state index contributed by atoms with van der Waals surface area (Å²) in [5.74, 6) is 0. The lowest BCUT2D eigenvalue weighted by Crippen LogP contribution is -2.34. The Labute approximate surface area is 117 Å². The van der Waals surface area contributed by atoms with Gasteiger partial charge in [-0.25, -0.2) is 0 Å². The molecule has 18 heavy (non-hydrogen) atoms. The number of aliphatic hydroxyl groups excluding tert-OH is 1. The lowest BCUT2D eigenvalue weighted by atomic mass is 9.94. The van der Waals surface area contributed by atoms with E-state index in [0.29, 0.717) is 18.7 Å². The minimum atomic E-state index is -1.15. The van der Waals surface area contributed by atoms with Crippen molar-refractivity contribution >= 4 is 15.9 Å². The molecule has 0 bridgehead atoms. The van der Waals surface area contributed by atoms with Crippen LogP contribution >= 0.6 is 15.9 Å². The summed E-state index contributed by atoms with van der Waals surface area (Å²) in [5.41, 5.74) is -0.526. The Kier molecular flexibility index (Phi) is 5.33. The molecular formula is C12H22BrN3O2. The first-order valence-corrected chi connectivity index (χ1v) is 6.85. The molecule has 2 atom stereocenters. The van der Waals surface area contributed by atoms with Gasteiger partial charge in [-0.3, -0.25) is 4.68 Å². The molecule has 1 aromatic rings. The normalized spacial score (nSPS) is 16.9. The summed E-state index contributed by atoms with van der Waals surface area (Å²) in [6, 6.07) is 0. The van der Waals surface area contributed by atoms with Crippen molar-refractivity contribution in [2.45, 2.75) is 38.5 Å². The van der Waals surface area contributed by atoms with Gasteiger partial charge in [0.1, 0.15) is 6.10 Å². The van der Waals surface area contributed by atoms with Crippen molar-refractivity contribution in [1.29, 1.82) is 0 Å². The number of aromatic nitrogens is 2. The Hall–Kier alpha value is -0.430. The summed E-state index contributed by atoms with van der Waals surface area (Å²) >= 11 is 3.38. The van der Waals surface area contributed by atoms with E-state index in [1.807, 2.05) is 25.9 Å². The predicted octanol–water partition coefficient (Wildman–Crippen LogP) is 1.40. The minimum absolute atomic E-state index is 0.472. The van der Waals surface area contributed by atoms with Gasteiger partial charge in [0.2, 0.25) is 0 Å². The molecule has 0 amide bonds. The molecule has 0 spiro atoms. The van der Waals surface area contributed by atoms with Crippen molar-refractivity contribution in [1.82, 2.24) is 14.7 Å². The van der Waals surface area contributed by atoms with Crippen LogP contribution in [0.3, 0.4) is 0 Å². The summed E-state index contributed by atoms with van der Waals surface area (Å²) in [5, 5.41) is 24.7. The molecule has 0 saturated carbocycles. The topological polar surface area (TPSA) is 61.5 Å². The summed E-state index contributed by atoms with van der Waals surface area (Å²) in [6.45, 7) is 4.97. The first kappa shape index (κ1) is 15.6. The molecule has 0 aliphatic carbocycles. The number of aliphatic hydroxyl groups is 2. The van der Waals surface area contributed by atoms with Gasteiger partial charge in [0.15, 0.2) is 0 Å². The fourth-order valence-corrected chi connectivity index (χ4v) is 2.12. The molecule has 6 heteroatoms. The number of likely N-dealkylation sites (N-methyl/N-ethyl adjacent to an activating group) is 1. The van der Waals surface area contributed by atoms with E-state index in [0.717, 1.165) is 11.0 Å². The van der Waals surface area contributed by atoms with Crippen molar-refractivity contribution in [3.63, 3.8) is 0 Å². The average molecular weight is 320 g/mol. The van der Waals surface area contributed by atoms with E-state index in [9.17, 15) is 10.2 Å². The van der Waals surface area contributed by atoms with Crippen molar-refractivity contribution < 1.29 is 10.2 Å². The highest BCUT2D eigenvalue weighted by Crippen LogP contribution is 2.32. The van der Waals surface area contributed by atoms with Crippen LogP contribution in [-0.4, -0.2) is 51.1 Å². The zero-order valence-corrected chi connectivity index (χ0v) is 13.0. The van der Waals surface area contributed by atoms with Crippen LogP contribution < -0.4 is 0 Å². The van der Waals surface area contributed by atoms with Gasteiger partial charge < -0.3 is 15.1 Å². The van der Waals surface area contributed by atoms with Gasteiger partial charge in [-0.15, -0.1) is 0 Å². The van der Waals surface area contributed by atoms with Crippen LogP contribution in [0.1, 0.15) is 32.1 Å². The molecule has 1 heterocycles. The number of rotatable bonds is 6. The Morgan fingerprint density at radius 2 is 2.17 bits per heavy atom. The highest BCUT2D eigenvalue weighted by atomic mass is 79.9.